The molecule has 0 aromatic heterocycles. The summed E-state index contributed by atoms with van der Waals surface area (Å²) < 4.78 is 30.3. The van der Waals surface area contributed by atoms with E-state index in [2.05, 4.69) is 0 Å². The van der Waals surface area contributed by atoms with Crippen molar-refractivity contribution in [2.24, 2.45) is 0 Å². The predicted molar refractivity (Wildman–Crippen MR) is 51.7 cm³/mol. The highest BCUT2D eigenvalue weighted by atomic mass is 19.3. The van der Waals surface area contributed by atoms with Gasteiger partial charge in [0.2, 0.25) is 5.92 Å². The van der Waals surface area contributed by atoms with Crippen molar-refractivity contribution in [3.8, 4) is 5.75 Å². The van der Waals surface area contributed by atoms with Gasteiger partial charge in [0, 0.05) is 18.2 Å². The topological polar surface area (TPSA) is 35.2 Å². The summed E-state index contributed by atoms with van der Waals surface area (Å²) >= 11 is 0. The zero-order valence-corrected chi connectivity index (χ0v) is 8.18. The molecule has 1 aromatic carbocycles. The molecule has 14 heavy (non-hydrogen) atoms. The van der Waals surface area contributed by atoms with Gasteiger partial charge < -0.3 is 10.5 Å². The number of alkyl halides is 2. The fraction of sp³-hybridized carbons (Fsp3) is 0.400. The maximum Gasteiger partial charge on any atom is 0.249 e. The van der Waals surface area contributed by atoms with E-state index < -0.39 is 5.92 Å². The van der Waals surface area contributed by atoms with E-state index in [1.165, 1.54) is 7.11 Å². The quantitative estimate of drug-likeness (QED) is 0.762. The Kier molecular flexibility index (Phi) is 2.93. The molecule has 0 unspecified atom stereocenters. The van der Waals surface area contributed by atoms with Crippen LogP contribution in [0.15, 0.2) is 18.2 Å². The molecule has 0 heterocycles. The summed E-state index contributed by atoms with van der Waals surface area (Å²) in [5, 5.41) is 0. The van der Waals surface area contributed by atoms with Gasteiger partial charge in [-0.05, 0) is 18.6 Å². The van der Waals surface area contributed by atoms with Crippen LogP contribution in [0.4, 0.5) is 14.5 Å². The van der Waals surface area contributed by atoms with Gasteiger partial charge in [0.05, 0.1) is 7.11 Å². The molecule has 4 heteroatoms. The summed E-state index contributed by atoms with van der Waals surface area (Å²) in [4.78, 5) is 0. The molecule has 78 valence electrons. The molecule has 0 spiro atoms. The molecule has 0 aliphatic carbocycles. The van der Waals surface area contributed by atoms with Gasteiger partial charge in [-0.2, -0.15) is 0 Å². The van der Waals surface area contributed by atoms with E-state index in [1.54, 1.807) is 18.2 Å². The van der Waals surface area contributed by atoms with Gasteiger partial charge in [-0.25, -0.2) is 8.78 Å². The zero-order chi connectivity index (χ0) is 10.8. The molecule has 0 aliphatic heterocycles. The van der Waals surface area contributed by atoms with Crippen molar-refractivity contribution >= 4 is 5.69 Å². The van der Waals surface area contributed by atoms with Crippen molar-refractivity contribution in [2.75, 3.05) is 12.8 Å². The van der Waals surface area contributed by atoms with Crippen molar-refractivity contribution in [2.45, 2.75) is 19.3 Å². The SMILES string of the molecule is COc1ccc(CC(C)(F)F)c(N)c1. The largest absolute Gasteiger partial charge is 0.497 e. The molecule has 0 radical (unpaired) electrons. The van der Waals surface area contributed by atoms with Crippen LogP contribution in [0.5, 0.6) is 5.75 Å². The monoisotopic (exact) mass is 201 g/mol. The van der Waals surface area contributed by atoms with Crippen LogP contribution in [0, 0.1) is 0 Å². The summed E-state index contributed by atoms with van der Waals surface area (Å²) in [7, 11) is 1.50. The molecule has 1 rings (SSSR count). The standard InChI is InChI=1S/C10H13F2NO/c1-10(11,12)6-7-3-4-8(14-2)5-9(7)13/h3-5H,6,13H2,1-2H3. The summed E-state index contributed by atoms with van der Waals surface area (Å²) in [5.74, 6) is -2.16. The lowest BCUT2D eigenvalue weighted by Crippen LogP contribution is -2.14. The molecule has 2 N–H and O–H groups in total. The molecular formula is C10H13F2NO. The highest BCUT2D eigenvalue weighted by Crippen LogP contribution is 2.25. The average molecular weight is 201 g/mol. The molecule has 2 nitrogen and oxygen atoms in total. The molecule has 0 fully saturated rings. The first kappa shape index (κ1) is 10.8. The van der Waals surface area contributed by atoms with Crippen LogP contribution in [-0.2, 0) is 6.42 Å². The van der Waals surface area contributed by atoms with Crippen LogP contribution in [-0.4, -0.2) is 13.0 Å². The van der Waals surface area contributed by atoms with E-state index in [0.717, 1.165) is 6.92 Å². The third kappa shape index (κ3) is 2.87. The van der Waals surface area contributed by atoms with Gasteiger partial charge in [0.25, 0.3) is 0 Å². The molecule has 0 aliphatic rings. The van der Waals surface area contributed by atoms with E-state index in [-0.39, 0.29) is 6.42 Å². The maximum atomic E-state index is 12.7. The van der Waals surface area contributed by atoms with Crippen LogP contribution in [0.2, 0.25) is 0 Å². The minimum absolute atomic E-state index is 0.339. The van der Waals surface area contributed by atoms with Crippen LogP contribution >= 0.6 is 0 Å². The first-order valence-corrected chi connectivity index (χ1v) is 4.22. The second kappa shape index (κ2) is 3.82. The Morgan fingerprint density at radius 3 is 2.50 bits per heavy atom. The van der Waals surface area contributed by atoms with Crippen molar-refractivity contribution in [3.63, 3.8) is 0 Å². The number of nitrogens with two attached hydrogens (primary N) is 1. The Morgan fingerprint density at radius 1 is 1.43 bits per heavy atom. The number of ether oxygens (including phenoxy) is 1. The van der Waals surface area contributed by atoms with Crippen molar-refractivity contribution in [1.82, 2.24) is 0 Å². The second-order valence-electron chi connectivity index (χ2n) is 3.31. The minimum Gasteiger partial charge on any atom is -0.497 e. The first-order chi connectivity index (χ1) is 6.42. The lowest BCUT2D eigenvalue weighted by molar-refractivity contribution is 0.0227. The molecule has 1 aromatic rings. The van der Waals surface area contributed by atoms with Gasteiger partial charge in [-0.3, -0.25) is 0 Å². The van der Waals surface area contributed by atoms with E-state index in [0.29, 0.717) is 17.0 Å². The van der Waals surface area contributed by atoms with Crippen LogP contribution < -0.4 is 10.5 Å². The highest BCUT2D eigenvalue weighted by molar-refractivity contribution is 5.51. The smallest absolute Gasteiger partial charge is 0.249 e. The highest BCUT2D eigenvalue weighted by Gasteiger charge is 2.22. The third-order valence-electron chi connectivity index (χ3n) is 1.85. The zero-order valence-electron chi connectivity index (χ0n) is 8.18. The number of hydrogen-bond acceptors (Lipinski definition) is 2. The van der Waals surface area contributed by atoms with E-state index in [4.69, 9.17) is 10.5 Å². The molecule has 0 atom stereocenters. The number of hydrogen-bond donors (Lipinski definition) is 1. The fourth-order valence-electron chi connectivity index (χ4n) is 1.20. The van der Waals surface area contributed by atoms with Gasteiger partial charge in [-0.15, -0.1) is 0 Å². The minimum atomic E-state index is -2.73. The lowest BCUT2D eigenvalue weighted by Gasteiger charge is -2.12. The summed E-state index contributed by atoms with van der Waals surface area (Å²) in [6, 6.07) is 4.73. The first-order valence-electron chi connectivity index (χ1n) is 4.22. The molecule has 0 bridgehead atoms. The summed E-state index contributed by atoms with van der Waals surface area (Å²) in [6.45, 7) is 0.872. The average Bonchev–Trinajstić information content (AvgIpc) is 2.06. The maximum absolute atomic E-state index is 12.7. The van der Waals surface area contributed by atoms with Gasteiger partial charge in [-0.1, -0.05) is 6.07 Å². The molecule has 0 saturated carbocycles. The predicted octanol–water partition coefficient (Wildman–Crippen LogP) is 2.48. The summed E-state index contributed by atoms with van der Waals surface area (Å²) in [5.41, 5.74) is 6.37. The number of benzene rings is 1. The van der Waals surface area contributed by atoms with Gasteiger partial charge >= 0.3 is 0 Å². The lowest BCUT2D eigenvalue weighted by atomic mass is 10.1. The van der Waals surface area contributed by atoms with Crippen LogP contribution in [0.25, 0.3) is 0 Å². The number of rotatable bonds is 3. The Morgan fingerprint density at radius 2 is 2.07 bits per heavy atom. The Hall–Kier alpha value is -1.32. The number of halogens is 2. The molecule has 0 saturated heterocycles. The third-order valence-corrected chi connectivity index (χ3v) is 1.85. The Balaban J connectivity index is 2.89. The van der Waals surface area contributed by atoms with E-state index in [1.807, 2.05) is 0 Å². The normalized spacial score (nSPS) is 11.4. The number of anilines is 1. The van der Waals surface area contributed by atoms with E-state index in [9.17, 15) is 8.78 Å². The van der Waals surface area contributed by atoms with Crippen molar-refractivity contribution < 1.29 is 13.5 Å². The number of methoxy groups -OCH3 is 1. The second-order valence-corrected chi connectivity index (χ2v) is 3.31. The van der Waals surface area contributed by atoms with Crippen LogP contribution in [0.1, 0.15) is 12.5 Å². The van der Waals surface area contributed by atoms with Crippen molar-refractivity contribution in [3.05, 3.63) is 23.8 Å². The Bertz CT molecular complexity index is 320. The van der Waals surface area contributed by atoms with Crippen molar-refractivity contribution in [1.29, 1.82) is 0 Å². The van der Waals surface area contributed by atoms with Gasteiger partial charge in [0.1, 0.15) is 5.75 Å². The fourth-order valence-corrected chi connectivity index (χ4v) is 1.20. The van der Waals surface area contributed by atoms with E-state index >= 15 is 0 Å². The van der Waals surface area contributed by atoms with Crippen LogP contribution in [0.3, 0.4) is 0 Å². The van der Waals surface area contributed by atoms with Gasteiger partial charge in [0.15, 0.2) is 0 Å². The Labute approximate surface area is 81.7 Å². The number of nitrogen functional groups attached to an aromatic ring is 1. The molecule has 0 amide bonds. The summed E-state index contributed by atoms with van der Waals surface area (Å²) in [6.07, 6.45) is -0.344. The molecular weight excluding hydrogens is 188 g/mol.